The van der Waals surface area contributed by atoms with Crippen molar-refractivity contribution in [1.29, 1.82) is 0 Å². The van der Waals surface area contributed by atoms with E-state index >= 15 is 0 Å². The molecule has 31 heavy (non-hydrogen) atoms. The van der Waals surface area contributed by atoms with E-state index in [1.54, 1.807) is 48.5 Å². The van der Waals surface area contributed by atoms with Gasteiger partial charge in [-0.1, -0.05) is 0 Å². The lowest BCUT2D eigenvalue weighted by molar-refractivity contribution is -0.394. The third-order valence-electron chi connectivity index (χ3n) is 5.27. The molecule has 1 aromatic heterocycles. The normalized spacial score (nSPS) is 19.9. The molecule has 1 aromatic rings. The van der Waals surface area contributed by atoms with Crippen molar-refractivity contribution in [3.8, 4) is 0 Å². The van der Waals surface area contributed by atoms with Gasteiger partial charge in [-0.25, -0.2) is 9.69 Å². The van der Waals surface area contributed by atoms with Crippen molar-refractivity contribution >= 4 is 19.0 Å². The fraction of sp³-hybridized carbons (Fsp3) is 0.789. The van der Waals surface area contributed by atoms with Gasteiger partial charge in [-0.3, -0.25) is 4.68 Å². The summed E-state index contributed by atoms with van der Waals surface area (Å²) in [5.74, 6) is -5.80. The third-order valence-corrected chi connectivity index (χ3v) is 5.27. The summed E-state index contributed by atoms with van der Waals surface area (Å²) in [7, 11) is 1.40. The average molecular weight is 442 g/mol. The van der Waals surface area contributed by atoms with E-state index in [0.717, 1.165) is 0 Å². The summed E-state index contributed by atoms with van der Waals surface area (Å²) >= 11 is 0. The standard InChI is InChI=1S/C19H33BN3O8/c1-15(2,3)30-14(24)23-18(26,27)8-13(9-19(23,28)29)22-11-12(10-21-22)20-31-17(6,7)16(4,5)25/h10-11,13,25-29H,8-9H2,1-7H3. The summed E-state index contributed by atoms with van der Waals surface area (Å²) in [6.07, 6.45) is 0.768. The van der Waals surface area contributed by atoms with Gasteiger partial charge in [0.25, 0.3) is 11.8 Å². The molecule has 0 atom stereocenters. The maximum absolute atomic E-state index is 12.4. The van der Waals surface area contributed by atoms with Crippen LogP contribution in [0.15, 0.2) is 12.4 Å². The van der Waals surface area contributed by atoms with Gasteiger partial charge in [-0.2, -0.15) is 5.10 Å². The second-order valence-corrected chi connectivity index (χ2v) is 9.99. The van der Waals surface area contributed by atoms with Crippen molar-refractivity contribution in [3.05, 3.63) is 12.4 Å². The quantitative estimate of drug-likeness (QED) is 0.301. The number of carbonyl (C=O) groups is 1. The van der Waals surface area contributed by atoms with Crippen molar-refractivity contribution < 1.29 is 39.7 Å². The molecule has 175 valence electrons. The molecular formula is C19H33BN3O8. The minimum Gasteiger partial charge on any atom is -0.443 e. The van der Waals surface area contributed by atoms with Gasteiger partial charge >= 0.3 is 13.6 Å². The first-order valence-electron chi connectivity index (χ1n) is 9.96. The molecule has 2 rings (SSSR count). The Morgan fingerprint density at radius 2 is 1.61 bits per heavy atom. The summed E-state index contributed by atoms with van der Waals surface area (Å²) in [4.78, 5) is 12.5. The second kappa shape index (κ2) is 8.02. The summed E-state index contributed by atoms with van der Waals surface area (Å²) in [5, 5.41) is 56.0. The number of aromatic nitrogens is 2. The Morgan fingerprint density at radius 1 is 1.10 bits per heavy atom. The smallest absolute Gasteiger partial charge is 0.418 e. The first-order chi connectivity index (χ1) is 13.8. The molecule has 0 saturated carbocycles. The minimum absolute atomic E-state index is 0.104. The zero-order valence-electron chi connectivity index (χ0n) is 19.0. The number of piperidine rings is 1. The molecule has 1 aliphatic heterocycles. The maximum atomic E-state index is 12.4. The number of hydrogen-bond acceptors (Lipinski definition) is 9. The fourth-order valence-electron chi connectivity index (χ4n) is 2.93. The number of rotatable bonds is 5. The minimum atomic E-state index is -2.90. The van der Waals surface area contributed by atoms with Gasteiger partial charge in [0.05, 0.1) is 17.2 Å². The van der Waals surface area contributed by atoms with E-state index in [2.05, 4.69) is 5.10 Å². The first kappa shape index (κ1) is 25.6. The molecule has 1 radical (unpaired) electrons. The molecule has 12 heteroatoms. The molecule has 0 bridgehead atoms. The molecule has 11 nitrogen and oxygen atoms in total. The molecule has 0 aromatic carbocycles. The van der Waals surface area contributed by atoms with Gasteiger partial charge in [-0.15, -0.1) is 0 Å². The maximum Gasteiger partial charge on any atom is 0.418 e. The van der Waals surface area contributed by atoms with Gasteiger partial charge in [0.1, 0.15) is 5.60 Å². The van der Waals surface area contributed by atoms with E-state index in [1.165, 1.54) is 24.6 Å². The van der Waals surface area contributed by atoms with E-state index in [-0.39, 0.29) is 4.90 Å². The van der Waals surface area contributed by atoms with E-state index < -0.39 is 53.6 Å². The summed E-state index contributed by atoms with van der Waals surface area (Å²) in [5.41, 5.74) is -2.49. The topological polar surface area (TPSA) is 158 Å². The highest BCUT2D eigenvalue weighted by molar-refractivity contribution is 6.46. The third kappa shape index (κ3) is 5.96. The number of likely N-dealkylation sites (tertiary alicyclic amines) is 1. The molecule has 5 N–H and O–H groups in total. The van der Waals surface area contributed by atoms with Gasteiger partial charge in [-0.05, 0) is 53.9 Å². The predicted molar refractivity (Wildman–Crippen MR) is 110 cm³/mol. The summed E-state index contributed by atoms with van der Waals surface area (Å²) in [6.45, 7) is 11.4. The molecule has 1 amide bonds. The summed E-state index contributed by atoms with van der Waals surface area (Å²) in [6, 6.07) is -0.867. The van der Waals surface area contributed by atoms with Crippen LogP contribution in [0.1, 0.15) is 67.3 Å². The van der Waals surface area contributed by atoms with Crippen LogP contribution in [0.5, 0.6) is 0 Å². The number of hydrogen-bond donors (Lipinski definition) is 5. The van der Waals surface area contributed by atoms with Crippen molar-refractivity contribution in [2.75, 3.05) is 0 Å². The molecule has 1 aliphatic rings. The van der Waals surface area contributed by atoms with E-state index in [4.69, 9.17) is 9.39 Å². The van der Waals surface area contributed by atoms with Crippen molar-refractivity contribution in [1.82, 2.24) is 14.7 Å². The highest BCUT2D eigenvalue weighted by Crippen LogP contribution is 2.39. The monoisotopic (exact) mass is 442 g/mol. The lowest BCUT2D eigenvalue weighted by atomic mass is 9.84. The second-order valence-electron chi connectivity index (χ2n) is 9.99. The highest BCUT2D eigenvalue weighted by atomic mass is 16.6. The largest absolute Gasteiger partial charge is 0.443 e. The van der Waals surface area contributed by atoms with E-state index in [1.807, 2.05) is 0 Å². The van der Waals surface area contributed by atoms with Crippen LogP contribution >= 0.6 is 0 Å². The number of ether oxygens (including phenoxy) is 1. The van der Waals surface area contributed by atoms with Gasteiger partial charge in [0.15, 0.2) is 0 Å². The SMILES string of the molecule is CC(C)(C)OC(=O)N1C(O)(O)CC(n2cc([B]OC(C)(C)C(C)(C)O)cn2)CC1(O)O. The Labute approximate surface area is 182 Å². The lowest BCUT2D eigenvalue weighted by Crippen LogP contribution is -2.68. The Kier molecular flexibility index (Phi) is 6.61. The highest BCUT2D eigenvalue weighted by Gasteiger charge is 2.57. The van der Waals surface area contributed by atoms with Gasteiger partial charge < -0.3 is 34.9 Å². The molecule has 0 aliphatic carbocycles. The van der Waals surface area contributed by atoms with Crippen molar-refractivity contribution in [3.63, 3.8) is 0 Å². The fourth-order valence-corrected chi connectivity index (χ4v) is 2.93. The number of amides is 1. The molecule has 2 heterocycles. The zero-order valence-corrected chi connectivity index (χ0v) is 19.0. The number of carbonyl (C=O) groups excluding carboxylic acids is 1. The Hall–Kier alpha value is -1.70. The van der Waals surface area contributed by atoms with Gasteiger partial charge in [0, 0.05) is 25.2 Å². The molecule has 1 saturated heterocycles. The number of aliphatic hydroxyl groups is 5. The lowest BCUT2D eigenvalue weighted by Gasteiger charge is -2.48. The molecule has 0 unspecified atom stereocenters. The van der Waals surface area contributed by atoms with Crippen molar-refractivity contribution in [2.45, 2.75) is 96.0 Å². The van der Waals surface area contributed by atoms with Crippen LogP contribution < -0.4 is 5.46 Å². The average Bonchev–Trinajstić information content (AvgIpc) is 2.96. The zero-order chi connectivity index (χ0) is 24.0. The van der Waals surface area contributed by atoms with Crippen LogP contribution in [-0.2, 0) is 9.39 Å². The van der Waals surface area contributed by atoms with Crippen LogP contribution in [0.25, 0.3) is 0 Å². The molecule has 0 spiro atoms. The molecule has 1 fully saturated rings. The number of nitrogens with zero attached hydrogens (tertiary/aromatic N) is 3. The first-order valence-corrected chi connectivity index (χ1v) is 9.96. The van der Waals surface area contributed by atoms with E-state index in [9.17, 15) is 30.3 Å². The Morgan fingerprint density at radius 3 is 2.06 bits per heavy atom. The van der Waals surface area contributed by atoms with Gasteiger partial charge in [0.2, 0.25) is 0 Å². The summed E-state index contributed by atoms with van der Waals surface area (Å²) < 4.78 is 12.0. The Bertz CT molecular complexity index is 777. The van der Waals surface area contributed by atoms with Crippen LogP contribution in [0.2, 0.25) is 0 Å². The van der Waals surface area contributed by atoms with E-state index in [0.29, 0.717) is 5.46 Å². The molecular weight excluding hydrogens is 409 g/mol. The predicted octanol–water partition coefficient (Wildman–Crippen LogP) is -0.457. The van der Waals surface area contributed by atoms with Crippen LogP contribution in [0.3, 0.4) is 0 Å². The van der Waals surface area contributed by atoms with Crippen LogP contribution in [0, 0.1) is 0 Å². The van der Waals surface area contributed by atoms with Crippen molar-refractivity contribution in [2.24, 2.45) is 0 Å². The Balaban J connectivity index is 2.16. The van der Waals surface area contributed by atoms with Crippen LogP contribution in [-0.4, -0.2) is 82.4 Å². The van der Waals surface area contributed by atoms with Crippen LogP contribution in [0.4, 0.5) is 4.79 Å².